The van der Waals surface area contributed by atoms with Crippen molar-refractivity contribution in [3.63, 3.8) is 0 Å². The standard InChI is InChI=1S/C22H27N3O2/c1-14(2)18-10-6-7-15(3)20(18)25-21(26)16-11-12-23-19(13-16)22(27)24-17-8-4-5-9-17/h6-7,10-14,17H,4-5,8-9H2,1-3H3,(H,24,27)(H,25,26). The number of amides is 2. The van der Waals surface area contributed by atoms with E-state index in [2.05, 4.69) is 29.5 Å². The van der Waals surface area contributed by atoms with Gasteiger partial charge in [0.05, 0.1) is 0 Å². The van der Waals surface area contributed by atoms with Crippen molar-refractivity contribution in [2.75, 3.05) is 5.32 Å². The number of aryl methyl sites for hydroxylation is 1. The van der Waals surface area contributed by atoms with Crippen LogP contribution in [0.1, 0.15) is 77.4 Å². The van der Waals surface area contributed by atoms with E-state index in [0.29, 0.717) is 11.5 Å². The van der Waals surface area contributed by atoms with E-state index in [1.54, 1.807) is 12.1 Å². The molecule has 1 aliphatic rings. The molecule has 0 radical (unpaired) electrons. The van der Waals surface area contributed by atoms with Crippen molar-refractivity contribution in [2.24, 2.45) is 0 Å². The maximum Gasteiger partial charge on any atom is 0.270 e. The monoisotopic (exact) mass is 365 g/mol. The van der Waals surface area contributed by atoms with Crippen LogP contribution < -0.4 is 10.6 Å². The quantitative estimate of drug-likeness (QED) is 0.823. The maximum absolute atomic E-state index is 12.8. The van der Waals surface area contributed by atoms with E-state index in [-0.39, 0.29) is 23.6 Å². The normalized spacial score (nSPS) is 14.4. The fourth-order valence-corrected chi connectivity index (χ4v) is 3.55. The number of nitrogens with zero attached hydrogens (tertiary/aromatic N) is 1. The molecule has 2 aromatic rings. The molecule has 2 amide bonds. The van der Waals surface area contributed by atoms with Crippen LogP contribution >= 0.6 is 0 Å². The Hall–Kier alpha value is -2.69. The Morgan fingerprint density at radius 2 is 1.85 bits per heavy atom. The Balaban J connectivity index is 1.77. The number of aromatic nitrogens is 1. The van der Waals surface area contributed by atoms with Crippen LogP contribution in [0.15, 0.2) is 36.5 Å². The number of carbonyl (C=O) groups is 2. The van der Waals surface area contributed by atoms with Crippen LogP contribution in [-0.4, -0.2) is 22.8 Å². The summed E-state index contributed by atoms with van der Waals surface area (Å²) in [4.78, 5) is 29.4. The Bertz CT molecular complexity index is 839. The lowest BCUT2D eigenvalue weighted by Crippen LogP contribution is -2.33. The number of hydrogen-bond acceptors (Lipinski definition) is 3. The van der Waals surface area contributed by atoms with E-state index in [4.69, 9.17) is 0 Å². The Morgan fingerprint density at radius 3 is 2.56 bits per heavy atom. The Morgan fingerprint density at radius 1 is 1.11 bits per heavy atom. The minimum absolute atomic E-state index is 0.213. The molecule has 3 rings (SSSR count). The molecule has 1 heterocycles. The van der Waals surface area contributed by atoms with Crippen molar-refractivity contribution >= 4 is 17.5 Å². The fourth-order valence-electron chi connectivity index (χ4n) is 3.55. The molecule has 1 aromatic carbocycles. The molecule has 0 atom stereocenters. The molecule has 1 aliphatic carbocycles. The third-order valence-corrected chi connectivity index (χ3v) is 5.11. The van der Waals surface area contributed by atoms with Crippen LogP contribution in [0.25, 0.3) is 0 Å². The van der Waals surface area contributed by atoms with E-state index >= 15 is 0 Å². The number of benzene rings is 1. The van der Waals surface area contributed by atoms with Gasteiger partial charge in [0.1, 0.15) is 5.69 Å². The molecule has 1 fully saturated rings. The minimum Gasteiger partial charge on any atom is -0.348 e. The van der Waals surface area contributed by atoms with Crippen molar-refractivity contribution in [3.05, 3.63) is 58.9 Å². The third-order valence-electron chi connectivity index (χ3n) is 5.11. The molecule has 27 heavy (non-hydrogen) atoms. The molecule has 2 N–H and O–H groups in total. The van der Waals surface area contributed by atoms with Gasteiger partial charge in [-0.15, -0.1) is 0 Å². The minimum atomic E-state index is -0.233. The van der Waals surface area contributed by atoms with Crippen molar-refractivity contribution in [1.82, 2.24) is 10.3 Å². The van der Waals surface area contributed by atoms with Crippen LogP contribution in [0.2, 0.25) is 0 Å². The topological polar surface area (TPSA) is 71.1 Å². The number of anilines is 1. The second kappa shape index (κ2) is 8.33. The lowest BCUT2D eigenvalue weighted by molar-refractivity contribution is 0.0933. The second-order valence-electron chi connectivity index (χ2n) is 7.53. The number of para-hydroxylation sites is 1. The van der Waals surface area contributed by atoms with E-state index in [1.807, 2.05) is 25.1 Å². The average Bonchev–Trinajstić information content (AvgIpc) is 3.16. The van der Waals surface area contributed by atoms with E-state index < -0.39 is 0 Å². The molecule has 5 heteroatoms. The maximum atomic E-state index is 12.8. The van der Waals surface area contributed by atoms with Gasteiger partial charge in [0.2, 0.25) is 0 Å². The summed E-state index contributed by atoms with van der Waals surface area (Å²) in [7, 11) is 0. The van der Waals surface area contributed by atoms with Crippen molar-refractivity contribution in [1.29, 1.82) is 0 Å². The lowest BCUT2D eigenvalue weighted by atomic mass is 9.98. The first-order chi connectivity index (χ1) is 13.0. The van der Waals surface area contributed by atoms with Gasteiger partial charge >= 0.3 is 0 Å². The van der Waals surface area contributed by atoms with Gasteiger partial charge in [-0.3, -0.25) is 14.6 Å². The first-order valence-corrected chi connectivity index (χ1v) is 9.63. The number of carbonyl (C=O) groups excluding carboxylic acids is 2. The van der Waals surface area contributed by atoms with Crippen LogP contribution in [-0.2, 0) is 0 Å². The molecule has 0 aliphatic heterocycles. The third kappa shape index (κ3) is 4.54. The molecule has 1 saturated carbocycles. The molecule has 0 saturated heterocycles. The van der Waals surface area contributed by atoms with E-state index in [1.165, 1.54) is 6.20 Å². The largest absolute Gasteiger partial charge is 0.348 e. The zero-order valence-electron chi connectivity index (χ0n) is 16.2. The molecule has 0 spiro atoms. The summed E-state index contributed by atoms with van der Waals surface area (Å²) in [6.45, 7) is 6.18. The molecular weight excluding hydrogens is 338 g/mol. The Labute approximate surface area is 160 Å². The Kier molecular flexibility index (Phi) is 5.89. The van der Waals surface area contributed by atoms with Gasteiger partial charge in [-0.05, 0) is 48.9 Å². The van der Waals surface area contributed by atoms with Crippen molar-refractivity contribution in [3.8, 4) is 0 Å². The van der Waals surface area contributed by atoms with Gasteiger partial charge in [0, 0.05) is 23.5 Å². The van der Waals surface area contributed by atoms with Crippen LogP contribution in [0.3, 0.4) is 0 Å². The summed E-state index contributed by atoms with van der Waals surface area (Å²) < 4.78 is 0. The SMILES string of the molecule is Cc1cccc(C(C)C)c1NC(=O)c1ccnc(C(=O)NC2CCCC2)c1. The predicted molar refractivity (Wildman–Crippen MR) is 107 cm³/mol. The van der Waals surface area contributed by atoms with Crippen LogP contribution in [0.5, 0.6) is 0 Å². The highest BCUT2D eigenvalue weighted by atomic mass is 16.2. The summed E-state index contributed by atoms with van der Waals surface area (Å²) in [6, 6.07) is 9.42. The first kappa shape index (κ1) is 19.1. The highest BCUT2D eigenvalue weighted by Crippen LogP contribution is 2.28. The summed E-state index contributed by atoms with van der Waals surface area (Å²) >= 11 is 0. The summed E-state index contributed by atoms with van der Waals surface area (Å²) in [6.07, 6.45) is 5.83. The summed E-state index contributed by atoms with van der Waals surface area (Å²) in [5.74, 6) is -0.149. The van der Waals surface area contributed by atoms with Crippen molar-refractivity contribution < 1.29 is 9.59 Å². The highest BCUT2D eigenvalue weighted by Gasteiger charge is 2.20. The van der Waals surface area contributed by atoms with Crippen LogP contribution in [0.4, 0.5) is 5.69 Å². The second-order valence-corrected chi connectivity index (χ2v) is 7.53. The molecule has 0 bridgehead atoms. The fraction of sp³-hybridized carbons (Fsp3) is 0.409. The zero-order valence-corrected chi connectivity index (χ0v) is 16.2. The van der Waals surface area contributed by atoms with E-state index in [0.717, 1.165) is 42.5 Å². The molecular formula is C22H27N3O2. The van der Waals surface area contributed by atoms with Gasteiger partial charge in [-0.1, -0.05) is 44.9 Å². The molecule has 0 unspecified atom stereocenters. The van der Waals surface area contributed by atoms with Gasteiger partial charge < -0.3 is 10.6 Å². The van der Waals surface area contributed by atoms with Gasteiger partial charge in [-0.2, -0.15) is 0 Å². The number of rotatable bonds is 5. The van der Waals surface area contributed by atoms with Crippen molar-refractivity contribution in [2.45, 2.75) is 58.4 Å². The lowest BCUT2D eigenvalue weighted by Gasteiger charge is -2.16. The van der Waals surface area contributed by atoms with Gasteiger partial charge in [0.15, 0.2) is 0 Å². The number of nitrogens with one attached hydrogen (secondary N) is 2. The zero-order chi connectivity index (χ0) is 19.4. The number of hydrogen-bond donors (Lipinski definition) is 2. The predicted octanol–water partition coefficient (Wildman–Crippen LogP) is 4.44. The van der Waals surface area contributed by atoms with Crippen LogP contribution in [0, 0.1) is 6.92 Å². The molecule has 5 nitrogen and oxygen atoms in total. The van der Waals surface area contributed by atoms with Gasteiger partial charge in [0.25, 0.3) is 11.8 Å². The average molecular weight is 365 g/mol. The molecule has 1 aromatic heterocycles. The van der Waals surface area contributed by atoms with Gasteiger partial charge in [-0.25, -0.2) is 0 Å². The first-order valence-electron chi connectivity index (χ1n) is 9.63. The van der Waals surface area contributed by atoms with E-state index in [9.17, 15) is 9.59 Å². The number of pyridine rings is 1. The smallest absolute Gasteiger partial charge is 0.270 e. The summed E-state index contributed by atoms with van der Waals surface area (Å²) in [5, 5.41) is 6.03. The highest BCUT2D eigenvalue weighted by molar-refractivity contribution is 6.06. The summed E-state index contributed by atoms with van der Waals surface area (Å²) in [5.41, 5.74) is 3.66. The molecule has 142 valence electrons.